The van der Waals surface area contributed by atoms with Gasteiger partial charge in [0.25, 0.3) is 0 Å². The van der Waals surface area contributed by atoms with E-state index >= 15 is 0 Å². The molecule has 0 radical (unpaired) electrons. The minimum absolute atomic E-state index is 0.567. The summed E-state index contributed by atoms with van der Waals surface area (Å²) in [7, 11) is 0. The molecule has 19 heavy (non-hydrogen) atoms. The number of anilines is 1. The van der Waals surface area contributed by atoms with Crippen molar-refractivity contribution in [2.75, 3.05) is 18.5 Å². The molecule has 2 nitrogen and oxygen atoms in total. The number of rotatable bonds is 5. The number of hydrogen-bond donors (Lipinski definition) is 1. The summed E-state index contributed by atoms with van der Waals surface area (Å²) in [6.07, 6.45) is 0. The average molecular weight is 341 g/mol. The predicted molar refractivity (Wildman–Crippen MR) is 84.3 cm³/mol. The maximum Gasteiger partial charge on any atom is 0.140 e. The minimum atomic E-state index is 0.567. The van der Waals surface area contributed by atoms with Crippen molar-refractivity contribution in [3.8, 4) is 5.75 Å². The number of hydrogen-bond acceptors (Lipinski definition) is 2. The molecule has 100 valence electrons. The second-order valence-corrected chi connectivity index (χ2v) is 5.50. The fourth-order valence-electron chi connectivity index (χ4n) is 1.78. The summed E-state index contributed by atoms with van der Waals surface area (Å²) in [5, 5.41) is 3.92. The van der Waals surface area contributed by atoms with Gasteiger partial charge in [0.1, 0.15) is 12.4 Å². The molecule has 2 aromatic rings. The summed E-state index contributed by atoms with van der Waals surface area (Å²) in [6.45, 7) is 3.28. The Bertz CT molecular complexity index is 522. The van der Waals surface area contributed by atoms with E-state index in [0.717, 1.165) is 28.0 Å². The van der Waals surface area contributed by atoms with Crippen LogP contribution in [0.4, 0.5) is 5.69 Å². The van der Waals surface area contributed by atoms with Crippen LogP contribution in [0.2, 0.25) is 5.02 Å². The second-order valence-electron chi connectivity index (χ2n) is 4.17. The van der Waals surface area contributed by atoms with Gasteiger partial charge in [0.05, 0.1) is 5.02 Å². The molecule has 0 saturated heterocycles. The quantitative estimate of drug-likeness (QED) is 0.782. The van der Waals surface area contributed by atoms with Gasteiger partial charge in [0, 0.05) is 16.7 Å². The van der Waals surface area contributed by atoms with Gasteiger partial charge in [-0.2, -0.15) is 0 Å². The van der Waals surface area contributed by atoms with Crippen molar-refractivity contribution in [3.63, 3.8) is 0 Å². The Hall–Kier alpha value is -1.19. The van der Waals surface area contributed by atoms with Crippen LogP contribution in [-0.4, -0.2) is 13.2 Å². The van der Waals surface area contributed by atoms with Gasteiger partial charge in [-0.1, -0.05) is 45.7 Å². The van der Waals surface area contributed by atoms with Crippen molar-refractivity contribution < 1.29 is 4.74 Å². The first-order chi connectivity index (χ1) is 9.16. The van der Waals surface area contributed by atoms with E-state index in [1.165, 1.54) is 0 Å². The van der Waals surface area contributed by atoms with E-state index in [1.54, 1.807) is 0 Å². The zero-order chi connectivity index (χ0) is 13.7. The van der Waals surface area contributed by atoms with E-state index in [-0.39, 0.29) is 0 Å². The van der Waals surface area contributed by atoms with Crippen molar-refractivity contribution in [1.82, 2.24) is 0 Å². The molecular formula is C15H15BrClNO. The third-order valence-corrected chi connectivity index (χ3v) is 3.38. The number of ether oxygens (including phenoxy) is 1. The SMILES string of the molecule is Cc1cc(Br)cc(Cl)c1OCCNc1ccccc1. The van der Waals surface area contributed by atoms with E-state index in [0.29, 0.717) is 11.6 Å². The molecule has 0 amide bonds. The molecule has 0 fully saturated rings. The molecule has 0 unspecified atom stereocenters. The Morgan fingerprint density at radius 2 is 1.95 bits per heavy atom. The van der Waals surface area contributed by atoms with Crippen molar-refractivity contribution >= 4 is 33.2 Å². The summed E-state index contributed by atoms with van der Waals surface area (Å²) < 4.78 is 6.69. The van der Waals surface area contributed by atoms with Gasteiger partial charge < -0.3 is 10.1 Å². The molecule has 0 aliphatic heterocycles. The van der Waals surface area contributed by atoms with Gasteiger partial charge >= 0.3 is 0 Å². The molecule has 0 spiro atoms. The van der Waals surface area contributed by atoms with E-state index in [1.807, 2.05) is 49.4 Å². The normalized spacial score (nSPS) is 10.3. The van der Waals surface area contributed by atoms with Crippen molar-refractivity contribution in [2.45, 2.75) is 6.92 Å². The Labute approximate surface area is 126 Å². The standard InChI is InChI=1S/C15H15BrClNO/c1-11-9-12(16)10-14(17)15(11)19-8-7-18-13-5-3-2-4-6-13/h2-6,9-10,18H,7-8H2,1H3. The molecule has 0 aliphatic carbocycles. The molecule has 2 rings (SSSR count). The fraction of sp³-hybridized carbons (Fsp3) is 0.200. The van der Waals surface area contributed by atoms with Crippen LogP contribution >= 0.6 is 27.5 Å². The molecule has 1 N–H and O–H groups in total. The van der Waals surface area contributed by atoms with Crippen molar-refractivity contribution in [2.24, 2.45) is 0 Å². The van der Waals surface area contributed by atoms with Gasteiger partial charge in [-0.05, 0) is 36.8 Å². The lowest BCUT2D eigenvalue weighted by Crippen LogP contribution is -2.12. The molecule has 4 heteroatoms. The molecule has 0 atom stereocenters. The van der Waals surface area contributed by atoms with E-state index in [9.17, 15) is 0 Å². The number of para-hydroxylation sites is 1. The summed E-state index contributed by atoms with van der Waals surface area (Å²) in [5.74, 6) is 0.750. The Balaban J connectivity index is 1.86. The smallest absolute Gasteiger partial charge is 0.140 e. The monoisotopic (exact) mass is 339 g/mol. The van der Waals surface area contributed by atoms with Crippen LogP contribution in [-0.2, 0) is 0 Å². The van der Waals surface area contributed by atoms with Crippen molar-refractivity contribution in [1.29, 1.82) is 0 Å². The van der Waals surface area contributed by atoms with Gasteiger partial charge in [0.2, 0.25) is 0 Å². The summed E-state index contributed by atoms with van der Waals surface area (Å²) >= 11 is 9.56. The minimum Gasteiger partial charge on any atom is -0.490 e. The van der Waals surface area contributed by atoms with Crippen LogP contribution in [0.5, 0.6) is 5.75 Å². The van der Waals surface area contributed by atoms with Crippen LogP contribution in [0.3, 0.4) is 0 Å². The zero-order valence-corrected chi connectivity index (χ0v) is 13.0. The highest BCUT2D eigenvalue weighted by Crippen LogP contribution is 2.31. The van der Waals surface area contributed by atoms with E-state index in [2.05, 4.69) is 21.2 Å². The van der Waals surface area contributed by atoms with Crippen LogP contribution in [0.25, 0.3) is 0 Å². The molecule has 0 aliphatic rings. The first-order valence-corrected chi connectivity index (χ1v) is 7.21. The lowest BCUT2D eigenvalue weighted by atomic mass is 10.2. The number of halogens is 2. The fourth-order valence-corrected chi connectivity index (χ4v) is 2.80. The van der Waals surface area contributed by atoms with Crippen LogP contribution in [0.1, 0.15) is 5.56 Å². The van der Waals surface area contributed by atoms with Gasteiger partial charge in [0.15, 0.2) is 0 Å². The highest BCUT2D eigenvalue weighted by Gasteiger charge is 2.06. The predicted octanol–water partition coefficient (Wildman–Crippen LogP) is 4.90. The van der Waals surface area contributed by atoms with Crippen LogP contribution in [0, 0.1) is 6.92 Å². The Morgan fingerprint density at radius 1 is 1.21 bits per heavy atom. The third kappa shape index (κ3) is 4.15. The molecular weight excluding hydrogens is 326 g/mol. The van der Waals surface area contributed by atoms with Crippen LogP contribution < -0.4 is 10.1 Å². The molecule has 0 saturated carbocycles. The van der Waals surface area contributed by atoms with Gasteiger partial charge in [-0.25, -0.2) is 0 Å². The first kappa shape index (κ1) is 14.2. The summed E-state index contributed by atoms with van der Waals surface area (Å²) in [6, 6.07) is 13.9. The zero-order valence-electron chi connectivity index (χ0n) is 10.6. The maximum atomic E-state index is 6.16. The molecule has 0 aromatic heterocycles. The maximum absolute atomic E-state index is 6.16. The third-order valence-electron chi connectivity index (χ3n) is 2.65. The number of aryl methyl sites for hydroxylation is 1. The first-order valence-electron chi connectivity index (χ1n) is 6.04. The summed E-state index contributed by atoms with van der Waals surface area (Å²) in [5.41, 5.74) is 2.11. The highest BCUT2D eigenvalue weighted by atomic mass is 79.9. The molecule has 2 aromatic carbocycles. The van der Waals surface area contributed by atoms with Gasteiger partial charge in [-0.3, -0.25) is 0 Å². The average Bonchev–Trinajstić information content (AvgIpc) is 2.38. The van der Waals surface area contributed by atoms with Crippen molar-refractivity contribution in [3.05, 3.63) is 57.5 Å². The Morgan fingerprint density at radius 3 is 2.63 bits per heavy atom. The van der Waals surface area contributed by atoms with E-state index in [4.69, 9.17) is 16.3 Å². The number of nitrogens with one attached hydrogen (secondary N) is 1. The number of benzene rings is 2. The lowest BCUT2D eigenvalue weighted by molar-refractivity contribution is 0.331. The van der Waals surface area contributed by atoms with E-state index < -0.39 is 0 Å². The molecule has 0 heterocycles. The Kier molecular flexibility index (Phi) is 5.11. The summed E-state index contributed by atoms with van der Waals surface area (Å²) in [4.78, 5) is 0. The second kappa shape index (κ2) is 6.83. The van der Waals surface area contributed by atoms with Gasteiger partial charge in [-0.15, -0.1) is 0 Å². The molecule has 0 bridgehead atoms. The topological polar surface area (TPSA) is 21.3 Å². The highest BCUT2D eigenvalue weighted by molar-refractivity contribution is 9.10. The van der Waals surface area contributed by atoms with Crippen LogP contribution in [0.15, 0.2) is 46.9 Å². The lowest BCUT2D eigenvalue weighted by Gasteiger charge is -2.12. The largest absolute Gasteiger partial charge is 0.490 e.